The Morgan fingerprint density at radius 3 is 2.40 bits per heavy atom. The number of hydrogen-bond donors (Lipinski definition) is 1. The zero-order valence-electron chi connectivity index (χ0n) is 12.0. The van der Waals surface area contributed by atoms with E-state index in [4.69, 9.17) is 10.5 Å². The lowest BCUT2D eigenvalue weighted by molar-refractivity contribution is 0.345. The number of nitrogens with zero attached hydrogens (tertiary/aromatic N) is 2. The monoisotopic (exact) mass is 289 g/mol. The number of para-hydroxylation sites is 2. The highest BCUT2D eigenvalue weighted by molar-refractivity contribution is 7.99. The zero-order chi connectivity index (χ0) is 14.5. The summed E-state index contributed by atoms with van der Waals surface area (Å²) in [5.74, 6) is 1.52. The lowest BCUT2D eigenvalue weighted by Crippen LogP contribution is -2.04. The summed E-state index contributed by atoms with van der Waals surface area (Å²) in [6.45, 7) is 6.64. The predicted octanol–water partition coefficient (Wildman–Crippen LogP) is 3.16. The highest BCUT2D eigenvalue weighted by Gasteiger charge is 2.05. The summed E-state index contributed by atoms with van der Waals surface area (Å²) in [5.41, 5.74) is 9.70. The van der Waals surface area contributed by atoms with E-state index in [2.05, 4.69) is 9.97 Å². The van der Waals surface area contributed by atoms with Crippen molar-refractivity contribution in [1.29, 1.82) is 0 Å². The minimum Gasteiger partial charge on any atom is -0.491 e. The highest BCUT2D eigenvalue weighted by Crippen LogP contribution is 2.21. The first-order chi connectivity index (χ1) is 9.58. The van der Waals surface area contributed by atoms with Crippen molar-refractivity contribution in [3.63, 3.8) is 0 Å². The van der Waals surface area contributed by atoms with Gasteiger partial charge in [0.05, 0.1) is 12.3 Å². The molecule has 0 atom stereocenters. The van der Waals surface area contributed by atoms with Gasteiger partial charge in [-0.2, -0.15) is 0 Å². The maximum absolute atomic E-state index is 5.81. The molecule has 0 unspecified atom stereocenters. The Kier molecular flexibility index (Phi) is 4.84. The number of hydrogen-bond acceptors (Lipinski definition) is 5. The second-order valence-electron chi connectivity index (χ2n) is 4.54. The van der Waals surface area contributed by atoms with Gasteiger partial charge in [-0.15, -0.1) is 0 Å². The van der Waals surface area contributed by atoms with E-state index in [1.807, 2.05) is 45.0 Å². The second kappa shape index (κ2) is 6.61. The lowest BCUT2D eigenvalue weighted by atomic mass is 10.2. The number of ether oxygens (including phenoxy) is 1. The number of nitrogen functional groups attached to an aromatic ring is 1. The van der Waals surface area contributed by atoms with Crippen LogP contribution in [0.5, 0.6) is 5.75 Å². The van der Waals surface area contributed by atoms with Crippen LogP contribution in [0.1, 0.15) is 17.0 Å². The topological polar surface area (TPSA) is 61.0 Å². The van der Waals surface area contributed by atoms with Gasteiger partial charge in [0.15, 0.2) is 5.16 Å². The molecular weight excluding hydrogens is 270 g/mol. The fourth-order valence-corrected chi connectivity index (χ4v) is 2.45. The fourth-order valence-electron chi connectivity index (χ4n) is 1.70. The van der Waals surface area contributed by atoms with Gasteiger partial charge in [-0.3, -0.25) is 0 Å². The third kappa shape index (κ3) is 3.63. The Morgan fingerprint density at radius 1 is 1.10 bits per heavy atom. The third-order valence-electron chi connectivity index (χ3n) is 3.10. The van der Waals surface area contributed by atoms with Gasteiger partial charge in [0, 0.05) is 17.1 Å². The summed E-state index contributed by atoms with van der Waals surface area (Å²) in [6, 6.07) is 7.51. The van der Waals surface area contributed by atoms with E-state index < -0.39 is 0 Å². The van der Waals surface area contributed by atoms with Gasteiger partial charge in [0.1, 0.15) is 5.75 Å². The largest absolute Gasteiger partial charge is 0.491 e. The van der Waals surface area contributed by atoms with Crippen molar-refractivity contribution in [2.45, 2.75) is 25.9 Å². The van der Waals surface area contributed by atoms with Gasteiger partial charge in [-0.05, 0) is 38.5 Å². The van der Waals surface area contributed by atoms with Crippen LogP contribution in [0.15, 0.2) is 29.4 Å². The maximum Gasteiger partial charge on any atom is 0.188 e. The zero-order valence-corrected chi connectivity index (χ0v) is 12.8. The van der Waals surface area contributed by atoms with Crippen molar-refractivity contribution >= 4 is 17.4 Å². The first-order valence-electron chi connectivity index (χ1n) is 6.50. The number of anilines is 1. The van der Waals surface area contributed by atoms with Gasteiger partial charge >= 0.3 is 0 Å². The number of aromatic nitrogens is 2. The maximum atomic E-state index is 5.81. The molecule has 2 aromatic rings. The average molecular weight is 289 g/mol. The van der Waals surface area contributed by atoms with E-state index in [1.54, 1.807) is 11.8 Å². The van der Waals surface area contributed by atoms with Crippen molar-refractivity contribution in [3.05, 3.63) is 41.2 Å². The van der Waals surface area contributed by atoms with Gasteiger partial charge in [-0.25, -0.2) is 9.97 Å². The Morgan fingerprint density at radius 2 is 1.75 bits per heavy atom. The van der Waals surface area contributed by atoms with Crippen LogP contribution in [0.2, 0.25) is 0 Å². The number of benzene rings is 1. The van der Waals surface area contributed by atoms with Crippen LogP contribution in [0.4, 0.5) is 5.69 Å². The molecule has 1 aromatic heterocycles. The standard InChI is InChI=1S/C15H19N3OS/c1-10-11(2)17-15(18-12(10)3)20-9-8-19-14-7-5-4-6-13(14)16/h4-7H,8-9,16H2,1-3H3. The normalized spacial score (nSPS) is 10.6. The van der Waals surface area contributed by atoms with Crippen molar-refractivity contribution in [1.82, 2.24) is 9.97 Å². The minimum absolute atomic E-state index is 0.578. The summed E-state index contributed by atoms with van der Waals surface area (Å²) in [7, 11) is 0. The molecule has 0 saturated carbocycles. The van der Waals surface area contributed by atoms with Crippen molar-refractivity contribution < 1.29 is 4.74 Å². The summed E-state index contributed by atoms with van der Waals surface area (Å²) in [6.07, 6.45) is 0. The number of aryl methyl sites for hydroxylation is 2. The molecule has 0 radical (unpaired) electrons. The molecule has 0 fully saturated rings. The van der Waals surface area contributed by atoms with E-state index in [9.17, 15) is 0 Å². The number of nitrogens with two attached hydrogens (primary N) is 1. The predicted molar refractivity (Wildman–Crippen MR) is 83.3 cm³/mol. The molecule has 4 nitrogen and oxygen atoms in total. The van der Waals surface area contributed by atoms with Gasteiger partial charge in [-0.1, -0.05) is 23.9 Å². The van der Waals surface area contributed by atoms with E-state index in [0.717, 1.165) is 33.6 Å². The van der Waals surface area contributed by atoms with Crippen LogP contribution in [0.3, 0.4) is 0 Å². The third-order valence-corrected chi connectivity index (χ3v) is 3.91. The molecule has 0 aliphatic heterocycles. The molecular formula is C15H19N3OS. The Bertz CT molecular complexity index is 578. The molecule has 1 heterocycles. The molecule has 0 aliphatic rings. The summed E-state index contributed by atoms with van der Waals surface area (Å²) < 4.78 is 5.64. The van der Waals surface area contributed by atoms with Crippen LogP contribution < -0.4 is 10.5 Å². The lowest BCUT2D eigenvalue weighted by Gasteiger charge is -2.09. The van der Waals surface area contributed by atoms with Crippen LogP contribution >= 0.6 is 11.8 Å². The molecule has 2 rings (SSSR count). The van der Waals surface area contributed by atoms with Crippen LogP contribution in [-0.2, 0) is 0 Å². The molecule has 0 spiro atoms. The Balaban J connectivity index is 1.86. The van der Waals surface area contributed by atoms with Gasteiger partial charge in [0.2, 0.25) is 0 Å². The first kappa shape index (κ1) is 14.7. The van der Waals surface area contributed by atoms with E-state index in [0.29, 0.717) is 12.3 Å². The van der Waals surface area contributed by atoms with Gasteiger partial charge < -0.3 is 10.5 Å². The Labute approximate surface area is 123 Å². The Hall–Kier alpha value is -1.75. The second-order valence-corrected chi connectivity index (χ2v) is 5.60. The minimum atomic E-state index is 0.578. The quantitative estimate of drug-likeness (QED) is 0.396. The summed E-state index contributed by atoms with van der Waals surface area (Å²) >= 11 is 1.59. The summed E-state index contributed by atoms with van der Waals surface area (Å²) in [5, 5.41) is 0.801. The van der Waals surface area contributed by atoms with Crippen LogP contribution in [-0.4, -0.2) is 22.3 Å². The van der Waals surface area contributed by atoms with Crippen LogP contribution in [0, 0.1) is 20.8 Å². The molecule has 5 heteroatoms. The van der Waals surface area contributed by atoms with E-state index in [1.165, 1.54) is 0 Å². The number of rotatable bonds is 5. The molecule has 0 bridgehead atoms. The fraction of sp³-hybridized carbons (Fsp3) is 0.333. The number of thioether (sulfide) groups is 1. The molecule has 2 N–H and O–H groups in total. The highest BCUT2D eigenvalue weighted by atomic mass is 32.2. The molecule has 0 saturated heterocycles. The summed E-state index contributed by atoms with van der Waals surface area (Å²) in [4.78, 5) is 8.93. The molecule has 20 heavy (non-hydrogen) atoms. The molecule has 1 aromatic carbocycles. The van der Waals surface area contributed by atoms with Crippen molar-refractivity contribution in [2.24, 2.45) is 0 Å². The smallest absolute Gasteiger partial charge is 0.188 e. The van der Waals surface area contributed by atoms with Crippen molar-refractivity contribution in [2.75, 3.05) is 18.1 Å². The van der Waals surface area contributed by atoms with Crippen LogP contribution in [0.25, 0.3) is 0 Å². The van der Waals surface area contributed by atoms with E-state index in [-0.39, 0.29) is 0 Å². The molecule has 0 amide bonds. The molecule has 106 valence electrons. The van der Waals surface area contributed by atoms with E-state index >= 15 is 0 Å². The average Bonchev–Trinajstić information content (AvgIpc) is 2.42. The van der Waals surface area contributed by atoms with Crippen molar-refractivity contribution in [3.8, 4) is 5.75 Å². The first-order valence-corrected chi connectivity index (χ1v) is 7.48. The SMILES string of the molecule is Cc1nc(SCCOc2ccccc2N)nc(C)c1C. The van der Waals surface area contributed by atoms with Gasteiger partial charge in [0.25, 0.3) is 0 Å². The molecule has 0 aliphatic carbocycles.